The van der Waals surface area contributed by atoms with Crippen molar-refractivity contribution in [2.75, 3.05) is 23.8 Å². The second-order valence-electron chi connectivity index (χ2n) is 6.17. The van der Waals surface area contributed by atoms with Crippen LogP contribution >= 0.6 is 11.8 Å². The Morgan fingerprint density at radius 1 is 1.31 bits per heavy atom. The predicted molar refractivity (Wildman–Crippen MR) is 99.5 cm³/mol. The van der Waals surface area contributed by atoms with Gasteiger partial charge in [0.05, 0.1) is 17.3 Å². The van der Waals surface area contributed by atoms with Gasteiger partial charge in [0.2, 0.25) is 11.8 Å². The first-order valence-corrected chi connectivity index (χ1v) is 11.3. The molecule has 1 amide bonds. The van der Waals surface area contributed by atoms with Crippen molar-refractivity contribution in [1.82, 2.24) is 15.1 Å². The van der Waals surface area contributed by atoms with Crippen LogP contribution in [0.3, 0.4) is 0 Å². The SMILES string of the molecule is CCCN(C(=O)CSc1nnc(-c2ccccc2)o1)[C@H]1CCS(=O)(=O)C1. The van der Waals surface area contributed by atoms with E-state index in [0.29, 0.717) is 24.1 Å². The molecule has 3 rings (SSSR count). The third kappa shape index (κ3) is 4.64. The number of rotatable bonds is 7. The molecule has 0 saturated carbocycles. The Labute approximate surface area is 157 Å². The molecular formula is C17H21N3O4S2. The summed E-state index contributed by atoms with van der Waals surface area (Å²) in [7, 11) is -3.03. The van der Waals surface area contributed by atoms with Gasteiger partial charge >= 0.3 is 0 Å². The first kappa shape index (κ1) is 18.9. The van der Waals surface area contributed by atoms with E-state index in [2.05, 4.69) is 10.2 Å². The summed E-state index contributed by atoms with van der Waals surface area (Å²) in [5.74, 6) is 0.670. The molecule has 1 aliphatic heterocycles. The fraction of sp³-hybridized carbons (Fsp3) is 0.471. The van der Waals surface area contributed by atoms with Gasteiger partial charge in [-0.1, -0.05) is 36.9 Å². The van der Waals surface area contributed by atoms with Gasteiger partial charge in [-0.25, -0.2) is 8.42 Å². The number of aromatic nitrogens is 2. The Morgan fingerprint density at radius 3 is 2.73 bits per heavy atom. The molecule has 0 N–H and O–H groups in total. The second kappa shape index (κ2) is 8.22. The molecule has 1 saturated heterocycles. The summed E-state index contributed by atoms with van der Waals surface area (Å²) < 4.78 is 29.0. The molecule has 0 aliphatic carbocycles. The normalized spacial score (nSPS) is 18.7. The number of nitrogens with zero attached hydrogens (tertiary/aromatic N) is 3. The highest BCUT2D eigenvalue weighted by molar-refractivity contribution is 7.99. The molecule has 1 aliphatic rings. The fourth-order valence-corrected chi connectivity index (χ4v) is 5.32. The zero-order chi connectivity index (χ0) is 18.6. The standard InChI is InChI=1S/C17H21N3O4S2/c1-2-9-20(14-8-10-26(22,23)12-14)15(21)11-25-17-19-18-16(24-17)13-6-4-3-5-7-13/h3-7,14H,2,8-12H2,1H3/t14-/m0/s1. The molecule has 2 aromatic rings. The Kier molecular flexibility index (Phi) is 5.98. The van der Waals surface area contributed by atoms with Crippen LogP contribution in [0.1, 0.15) is 19.8 Å². The van der Waals surface area contributed by atoms with Crippen LogP contribution in [0.5, 0.6) is 0 Å². The van der Waals surface area contributed by atoms with Crippen LogP contribution in [0.2, 0.25) is 0 Å². The number of thioether (sulfide) groups is 1. The largest absolute Gasteiger partial charge is 0.411 e. The van der Waals surface area contributed by atoms with E-state index >= 15 is 0 Å². The van der Waals surface area contributed by atoms with Crippen LogP contribution in [-0.4, -0.2) is 59.3 Å². The number of benzene rings is 1. The van der Waals surface area contributed by atoms with Gasteiger partial charge in [-0.05, 0) is 25.0 Å². The third-order valence-electron chi connectivity index (χ3n) is 4.18. The second-order valence-corrected chi connectivity index (χ2v) is 9.33. The Morgan fingerprint density at radius 2 is 2.08 bits per heavy atom. The van der Waals surface area contributed by atoms with Crippen molar-refractivity contribution in [3.8, 4) is 11.5 Å². The maximum Gasteiger partial charge on any atom is 0.277 e. The van der Waals surface area contributed by atoms with Crippen LogP contribution in [-0.2, 0) is 14.6 Å². The quantitative estimate of drug-likeness (QED) is 0.664. The highest BCUT2D eigenvalue weighted by Crippen LogP contribution is 2.24. The molecule has 7 nitrogen and oxygen atoms in total. The highest BCUT2D eigenvalue weighted by atomic mass is 32.2. The van der Waals surface area contributed by atoms with Crippen molar-refractivity contribution in [2.24, 2.45) is 0 Å². The summed E-state index contributed by atoms with van der Waals surface area (Å²) in [5.41, 5.74) is 0.821. The summed E-state index contributed by atoms with van der Waals surface area (Å²) >= 11 is 1.18. The van der Waals surface area contributed by atoms with E-state index in [-0.39, 0.29) is 29.2 Å². The average molecular weight is 396 g/mol. The summed E-state index contributed by atoms with van der Waals surface area (Å²) in [5, 5.41) is 8.30. The number of carbonyl (C=O) groups excluding carboxylic acids is 1. The molecule has 1 atom stereocenters. The minimum absolute atomic E-state index is 0.0577. The van der Waals surface area contributed by atoms with Crippen LogP contribution in [0.25, 0.3) is 11.5 Å². The minimum atomic E-state index is -3.03. The van der Waals surface area contributed by atoms with Crippen molar-refractivity contribution in [3.05, 3.63) is 30.3 Å². The summed E-state index contributed by atoms with van der Waals surface area (Å²) in [6.45, 7) is 2.53. The summed E-state index contributed by atoms with van der Waals surface area (Å²) in [6.07, 6.45) is 1.29. The number of amides is 1. The molecule has 9 heteroatoms. The first-order valence-electron chi connectivity index (χ1n) is 8.50. The van der Waals surface area contributed by atoms with E-state index in [0.717, 1.165) is 12.0 Å². The molecular weight excluding hydrogens is 374 g/mol. The smallest absolute Gasteiger partial charge is 0.277 e. The molecule has 0 spiro atoms. The highest BCUT2D eigenvalue weighted by Gasteiger charge is 2.34. The number of hydrogen-bond acceptors (Lipinski definition) is 7. The van der Waals surface area contributed by atoms with E-state index in [1.165, 1.54) is 11.8 Å². The summed E-state index contributed by atoms with van der Waals surface area (Å²) in [4.78, 5) is 14.3. The molecule has 1 aromatic heterocycles. The maximum atomic E-state index is 12.6. The first-order chi connectivity index (χ1) is 12.5. The lowest BCUT2D eigenvalue weighted by molar-refractivity contribution is -0.130. The van der Waals surface area contributed by atoms with E-state index in [4.69, 9.17) is 4.42 Å². The van der Waals surface area contributed by atoms with Gasteiger partial charge in [0.1, 0.15) is 0 Å². The van der Waals surface area contributed by atoms with Gasteiger partial charge in [0.15, 0.2) is 9.84 Å². The van der Waals surface area contributed by atoms with Gasteiger partial charge in [0.25, 0.3) is 5.22 Å². The average Bonchev–Trinajstić information content (AvgIpc) is 3.24. The van der Waals surface area contributed by atoms with E-state index in [1.807, 2.05) is 37.3 Å². The van der Waals surface area contributed by atoms with Crippen LogP contribution in [0.15, 0.2) is 40.0 Å². The third-order valence-corrected chi connectivity index (χ3v) is 6.73. The molecule has 0 unspecified atom stereocenters. The van der Waals surface area contributed by atoms with E-state index in [9.17, 15) is 13.2 Å². The lowest BCUT2D eigenvalue weighted by atomic mass is 10.2. The van der Waals surface area contributed by atoms with Gasteiger partial charge < -0.3 is 9.32 Å². The molecule has 0 bridgehead atoms. The van der Waals surface area contributed by atoms with Crippen molar-refractivity contribution in [2.45, 2.75) is 31.0 Å². The zero-order valence-electron chi connectivity index (χ0n) is 14.5. The number of carbonyl (C=O) groups is 1. The maximum absolute atomic E-state index is 12.6. The van der Waals surface area contributed by atoms with Gasteiger partial charge in [-0.2, -0.15) is 0 Å². The fourth-order valence-electron chi connectivity index (χ4n) is 2.94. The van der Waals surface area contributed by atoms with Crippen LogP contribution in [0.4, 0.5) is 0 Å². The van der Waals surface area contributed by atoms with Crippen LogP contribution < -0.4 is 0 Å². The monoisotopic (exact) mass is 395 g/mol. The van der Waals surface area contributed by atoms with Gasteiger partial charge in [0, 0.05) is 18.2 Å². The van der Waals surface area contributed by atoms with Gasteiger partial charge in [-0.15, -0.1) is 10.2 Å². The Bertz CT molecular complexity index is 852. The molecule has 2 heterocycles. The lowest BCUT2D eigenvalue weighted by Crippen LogP contribution is -2.42. The minimum Gasteiger partial charge on any atom is -0.411 e. The van der Waals surface area contributed by atoms with Crippen molar-refractivity contribution in [1.29, 1.82) is 0 Å². The topological polar surface area (TPSA) is 93.4 Å². The molecule has 1 aromatic carbocycles. The van der Waals surface area contributed by atoms with Gasteiger partial charge in [-0.3, -0.25) is 4.79 Å². The Hall–Kier alpha value is -1.87. The van der Waals surface area contributed by atoms with E-state index < -0.39 is 9.84 Å². The summed E-state index contributed by atoms with van der Waals surface area (Å²) in [6, 6.07) is 9.19. The molecule has 140 valence electrons. The zero-order valence-corrected chi connectivity index (χ0v) is 16.1. The van der Waals surface area contributed by atoms with Crippen molar-refractivity contribution >= 4 is 27.5 Å². The molecule has 0 radical (unpaired) electrons. The lowest BCUT2D eigenvalue weighted by Gasteiger charge is -2.27. The molecule has 26 heavy (non-hydrogen) atoms. The number of sulfone groups is 1. The predicted octanol–water partition coefficient (Wildman–Crippen LogP) is 2.25. The van der Waals surface area contributed by atoms with Crippen molar-refractivity contribution in [3.63, 3.8) is 0 Å². The Balaban J connectivity index is 1.61. The molecule has 1 fully saturated rings. The number of hydrogen-bond donors (Lipinski definition) is 0. The van der Waals surface area contributed by atoms with Crippen LogP contribution in [0, 0.1) is 0 Å². The van der Waals surface area contributed by atoms with E-state index in [1.54, 1.807) is 4.90 Å². The van der Waals surface area contributed by atoms with Crippen molar-refractivity contribution < 1.29 is 17.6 Å².